The third-order valence-electron chi connectivity index (χ3n) is 3.93. The fraction of sp³-hybridized carbons (Fsp3) is 0.733. The second kappa shape index (κ2) is 6.22. The molecule has 5 heteroatoms. The van der Waals surface area contributed by atoms with E-state index in [9.17, 15) is 4.79 Å². The molecule has 20 heavy (non-hydrogen) atoms. The van der Waals surface area contributed by atoms with Gasteiger partial charge in [-0.1, -0.05) is 13.3 Å². The summed E-state index contributed by atoms with van der Waals surface area (Å²) in [5, 5.41) is 0.934. The van der Waals surface area contributed by atoms with Crippen molar-refractivity contribution in [1.29, 1.82) is 0 Å². The van der Waals surface area contributed by atoms with Crippen LogP contribution in [-0.4, -0.2) is 24.7 Å². The average Bonchev–Trinajstić information content (AvgIpc) is 2.81. The van der Waals surface area contributed by atoms with Gasteiger partial charge < -0.3 is 9.47 Å². The van der Waals surface area contributed by atoms with E-state index in [0.29, 0.717) is 17.4 Å². The van der Waals surface area contributed by atoms with Crippen molar-refractivity contribution in [3.63, 3.8) is 0 Å². The van der Waals surface area contributed by atoms with E-state index in [-0.39, 0.29) is 11.6 Å². The number of esters is 1. The summed E-state index contributed by atoms with van der Waals surface area (Å²) < 4.78 is 10.9. The van der Waals surface area contributed by atoms with Gasteiger partial charge in [0.25, 0.3) is 0 Å². The Balaban J connectivity index is 2.37. The minimum absolute atomic E-state index is 0.304. The molecule has 4 nitrogen and oxygen atoms in total. The number of methoxy groups -OCH3 is 1. The maximum absolute atomic E-state index is 11.8. The van der Waals surface area contributed by atoms with Crippen LogP contribution in [0.4, 0.5) is 0 Å². The molecule has 0 aliphatic heterocycles. The Morgan fingerprint density at radius 2 is 2.30 bits per heavy atom. The minimum atomic E-state index is -0.311. The smallest absolute Gasteiger partial charge is 0.349 e. The van der Waals surface area contributed by atoms with Gasteiger partial charge in [0.2, 0.25) is 0 Å². The zero-order chi connectivity index (χ0) is 14.8. The standard InChI is InChI=1S/C15H23NO3S/c1-5-19-15(8-6-7-10(2)9-15)14-16-11(3)12(20-14)13(17)18-4/h10H,5-9H2,1-4H3. The number of aryl methyl sites for hydroxylation is 1. The van der Waals surface area contributed by atoms with Gasteiger partial charge in [-0.15, -0.1) is 11.3 Å². The van der Waals surface area contributed by atoms with Gasteiger partial charge in [-0.05, 0) is 39.0 Å². The SMILES string of the molecule is CCOC1(c2nc(C)c(C(=O)OC)s2)CCCC(C)C1. The molecule has 1 heterocycles. The molecule has 1 aromatic rings. The first-order valence-electron chi connectivity index (χ1n) is 7.22. The number of carbonyl (C=O) groups is 1. The van der Waals surface area contributed by atoms with Crippen LogP contribution in [0, 0.1) is 12.8 Å². The first-order chi connectivity index (χ1) is 9.52. The third-order valence-corrected chi connectivity index (χ3v) is 5.26. The predicted octanol–water partition coefficient (Wildman–Crippen LogP) is 3.68. The van der Waals surface area contributed by atoms with Crippen LogP contribution in [0.5, 0.6) is 0 Å². The third kappa shape index (κ3) is 2.88. The first kappa shape index (κ1) is 15.4. The summed E-state index contributed by atoms with van der Waals surface area (Å²) in [7, 11) is 1.40. The molecule has 1 aromatic heterocycles. The highest BCUT2D eigenvalue weighted by atomic mass is 32.1. The van der Waals surface area contributed by atoms with Crippen LogP contribution < -0.4 is 0 Å². The van der Waals surface area contributed by atoms with Crippen molar-refractivity contribution >= 4 is 17.3 Å². The lowest BCUT2D eigenvalue weighted by molar-refractivity contribution is -0.0821. The number of hydrogen-bond acceptors (Lipinski definition) is 5. The van der Waals surface area contributed by atoms with Crippen LogP contribution >= 0.6 is 11.3 Å². The number of rotatable bonds is 4. The van der Waals surface area contributed by atoms with Crippen molar-refractivity contribution in [3.8, 4) is 0 Å². The molecular weight excluding hydrogens is 274 g/mol. The highest BCUT2D eigenvalue weighted by molar-refractivity contribution is 7.13. The lowest BCUT2D eigenvalue weighted by Crippen LogP contribution is -2.35. The van der Waals surface area contributed by atoms with Gasteiger partial charge >= 0.3 is 5.97 Å². The van der Waals surface area contributed by atoms with E-state index in [1.54, 1.807) is 0 Å². The van der Waals surface area contributed by atoms with Crippen LogP contribution in [0.2, 0.25) is 0 Å². The maximum atomic E-state index is 11.8. The number of nitrogens with zero attached hydrogens (tertiary/aromatic N) is 1. The molecule has 1 saturated carbocycles. The molecule has 1 aliphatic carbocycles. The van der Waals surface area contributed by atoms with Crippen LogP contribution in [0.3, 0.4) is 0 Å². The van der Waals surface area contributed by atoms with Crippen molar-refractivity contribution in [2.75, 3.05) is 13.7 Å². The van der Waals surface area contributed by atoms with E-state index in [2.05, 4.69) is 11.9 Å². The number of carbonyl (C=O) groups excluding carboxylic acids is 1. The van der Waals surface area contributed by atoms with Crippen LogP contribution in [0.1, 0.15) is 59.9 Å². The zero-order valence-electron chi connectivity index (χ0n) is 12.7. The second-order valence-electron chi connectivity index (χ2n) is 5.55. The van der Waals surface area contributed by atoms with Crippen LogP contribution in [0.25, 0.3) is 0 Å². The van der Waals surface area contributed by atoms with E-state index in [1.165, 1.54) is 24.9 Å². The van der Waals surface area contributed by atoms with Gasteiger partial charge in [-0.3, -0.25) is 0 Å². The Hall–Kier alpha value is -0.940. The normalized spacial score (nSPS) is 26.5. The second-order valence-corrected chi connectivity index (χ2v) is 6.55. The number of hydrogen-bond donors (Lipinski definition) is 0. The van der Waals surface area contributed by atoms with Gasteiger partial charge in [0.15, 0.2) is 0 Å². The Morgan fingerprint density at radius 3 is 2.90 bits per heavy atom. The maximum Gasteiger partial charge on any atom is 0.349 e. The molecule has 2 atom stereocenters. The number of thiazole rings is 1. The van der Waals surface area contributed by atoms with Gasteiger partial charge in [-0.2, -0.15) is 0 Å². The van der Waals surface area contributed by atoms with Crippen LogP contribution in [-0.2, 0) is 15.1 Å². The number of ether oxygens (including phenoxy) is 2. The highest BCUT2D eigenvalue weighted by Crippen LogP contribution is 2.44. The monoisotopic (exact) mass is 297 g/mol. The summed E-state index contributed by atoms with van der Waals surface area (Å²) >= 11 is 1.43. The molecule has 1 aliphatic rings. The van der Waals surface area contributed by atoms with Gasteiger partial charge in [0.05, 0.1) is 12.8 Å². The lowest BCUT2D eigenvalue weighted by Gasteiger charge is -2.38. The molecule has 0 aromatic carbocycles. The molecule has 112 valence electrons. The van der Waals surface area contributed by atoms with Crippen molar-refractivity contribution < 1.29 is 14.3 Å². The zero-order valence-corrected chi connectivity index (χ0v) is 13.5. The van der Waals surface area contributed by atoms with Crippen molar-refractivity contribution in [3.05, 3.63) is 15.6 Å². The highest BCUT2D eigenvalue weighted by Gasteiger charge is 2.40. The summed E-state index contributed by atoms with van der Waals surface area (Å²) in [4.78, 5) is 17.0. The molecular formula is C15H23NO3S. The van der Waals surface area contributed by atoms with Gasteiger partial charge in [0, 0.05) is 6.61 Å². The summed E-state index contributed by atoms with van der Waals surface area (Å²) in [6, 6.07) is 0. The topological polar surface area (TPSA) is 48.4 Å². The Morgan fingerprint density at radius 1 is 1.55 bits per heavy atom. The van der Waals surface area contributed by atoms with E-state index in [1.807, 2.05) is 13.8 Å². The van der Waals surface area contributed by atoms with E-state index < -0.39 is 0 Å². The Kier molecular flexibility index (Phi) is 4.81. The van der Waals surface area contributed by atoms with E-state index in [0.717, 1.165) is 30.0 Å². The lowest BCUT2D eigenvalue weighted by atomic mass is 9.79. The van der Waals surface area contributed by atoms with E-state index in [4.69, 9.17) is 9.47 Å². The minimum Gasteiger partial charge on any atom is -0.465 e. The predicted molar refractivity (Wildman–Crippen MR) is 79.1 cm³/mol. The Bertz CT molecular complexity index is 481. The largest absolute Gasteiger partial charge is 0.465 e. The molecule has 0 spiro atoms. The van der Waals surface area contributed by atoms with E-state index >= 15 is 0 Å². The summed E-state index contributed by atoms with van der Waals surface area (Å²) in [5.74, 6) is 0.322. The first-order valence-corrected chi connectivity index (χ1v) is 8.04. The molecule has 1 fully saturated rings. The molecule has 0 N–H and O–H groups in total. The molecule has 2 unspecified atom stereocenters. The van der Waals surface area contributed by atoms with Crippen molar-refractivity contribution in [2.24, 2.45) is 5.92 Å². The molecule has 0 saturated heterocycles. The van der Waals surface area contributed by atoms with Crippen molar-refractivity contribution in [2.45, 2.75) is 52.1 Å². The van der Waals surface area contributed by atoms with Crippen molar-refractivity contribution in [1.82, 2.24) is 4.98 Å². The summed E-state index contributed by atoms with van der Waals surface area (Å²) in [6.45, 7) is 6.80. The molecule has 0 radical (unpaired) electrons. The fourth-order valence-electron chi connectivity index (χ4n) is 3.04. The molecule has 0 bridgehead atoms. The summed E-state index contributed by atoms with van der Waals surface area (Å²) in [6.07, 6.45) is 4.35. The van der Waals surface area contributed by atoms with Gasteiger partial charge in [0.1, 0.15) is 15.5 Å². The molecule has 2 rings (SSSR count). The number of aromatic nitrogens is 1. The Labute approximate surface area is 124 Å². The van der Waals surface area contributed by atoms with Crippen LogP contribution in [0.15, 0.2) is 0 Å². The summed E-state index contributed by atoms with van der Waals surface area (Å²) in [5.41, 5.74) is 0.433. The quantitative estimate of drug-likeness (QED) is 0.795. The molecule has 0 amide bonds. The fourth-order valence-corrected chi connectivity index (χ4v) is 4.21. The van der Waals surface area contributed by atoms with Gasteiger partial charge in [-0.25, -0.2) is 9.78 Å². The average molecular weight is 297 g/mol.